The van der Waals surface area contributed by atoms with E-state index in [0.29, 0.717) is 12.2 Å². The maximum atomic E-state index is 12.1. The van der Waals surface area contributed by atoms with Crippen LogP contribution in [-0.4, -0.2) is 19.7 Å². The van der Waals surface area contributed by atoms with Gasteiger partial charge in [-0.15, -0.1) is 0 Å². The van der Waals surface area contributed by atoms with Crippen molar-refractivity contribution in [2.75, 3.05) is 19.0 Å². The van der Waals surface area contributed by atoms with Gasteiger partial charge in [-0.25, -0.2) is 4.79 Å². The van der Waals surface area contributed by atoms with Gasteiger partial charge in [-0.3, -0.25) is 0 Å². The molecule has 1 aliphatic heterocycles. The molecule has 1 N–H and O–H groups in total. The summed E-state index contributed by atoms with van der Waals surface area (Å²) < 4.78 is 10.8. The first kappa shape index (κ1) is 15.2. The van der Waals surface area contributed by atoms with Gasteiger partial charge in [0.1, 0.15) is 12.4 Å². The summed E-state index contributed by atoms with van der Waals surface area (Å²) in [6, 6.07) is 11.7. The van der Waals surface area contributed by atoms with Crippen LogP contribution in [0.1, 0.15) is 21.5 Å². The molecule has 4 heteroatoms. The average molecular weight is 309 g/mol. The van der Waals surface area contributed by atoms with Crippen LogP contribution in [0.4, 0.5) is 11.4 Å². The van der Waals surface area contributed by atoms with Crippen LogP contribution in [0.25, 0.3) is 0 Å². The molecule has 0 unspecified atom stereocenters. The molecule has 0 saturated carbocycles. The van der Waals surface area contributed by atoms with Crippen molar-refractivity contribution in [3.05, 3.63) is 65.2 Å². The highest BCUT2D eigenvalue weighted by Gasteiger charge is 2.21. The molecule has 0 aliphatic carbocycles. The summed E-state index contributed by atoms with van der Waals surface area (Å²) in [6.07, 6.45) is 4.76. The van der Waals surface area contributed by atoms with Crippen LogP contribution in [0.3, 0.4) is 0 Å². The van der Waals surface area contributed by atoms with E-state index in [4.69, 9.17) is 9.47 Å². The van der Waals surface area contributed by atoms with Gasteiger partial charge in [0.25, 0.3) is 0 Å². The number of fused-ring (bicyclic) bond motifs is 1. The van der Waals surface area contributed by atoms with Crippen molar-refractivity contribution >= 4 is 17.3 Å². The number of carbonyl (C=O) groups is 1. The van der Waals surface area contributed by atoms with Crippen molar-refractivity contribution in [2.24, 2.45) is 0 Å². The first-order chi connectivity index (χ1) is 11.2. The number of carbonyl (C=O) groups excluding carboxylic acids is 1. The molecule has 0 spiro atoms. The van der Waals surface area contributed by atoms with Gasteiger partial charge in [-0.05, 0) is 37.1 Å². The zero-order chi connectivity index (χ0) is 16.2. The molecule has 2 aromatic carbocycles. The van der Waals surface area contributed by atoms with Gasteiger partial charge in [-0.2, -0.15) is 0 Å². The molecular weight excluding hydrogens is 290 g/mol. The Morgan fingerprint density at radius 3 is 2.74 bits per heavy atom. The van der Waals surface area contributed by atoms with E-state index >= 15 is 0 Å². The number of methoxy groups -OCH3 is 1. The van der Waals surface area contributed by atoms with Gasteiger partial charge in [0.05, 0.1) is 18.4 Å². The van der Waals surface area contributed by atoms with Gasteiger partial charge >= 0.3 is 5.97 Å². The number of nitrogens with one attached hydrogen (secondary N) is 1. The van der Waals surface area contributed by atoms with Crippen LogP contribution in [0.15, 0.2) is 48.6 Å². The molecule has 118 valence electrons. The quantitative estimate of drug-likeness (QED) is 0.687. The second kappa shape index (κ2) is 6.57. The summed E-state index contributed by atoms with van der Waals surface area (Å²) in [5.41, 5.74) is 4.12. The fourth-order valence-corrected chi connectivity index (χ4v) is 2.68. The average Bonchev–Trinajstić information content (AvgIpc) is 2.82. The van der Waals surface area contributed by atoms with Crippen LogP contribution >= 0.6 is 0 Å². The highest BCUT2D eigenvalue weighted by Crippen LogP contribution is 2.38. The molecule has 0 amide bonds. The minimum atomic E-state index is -0.338. The summed E-state index contributed by atoms with van der Waals surface area (Å²) in [6.45, 7) is 2.42. The summed E-state index contributed by atoms with van der Waals surface area (Å²) in [5, 5.41) is 3.39. The minimum absolute atomic E-state index is 0.338. The molecule has 3 rings (SSSR count). The number of hydrogen-bond donors (Lipinski definition) is 1. The van der Waals surface area contributed by atoms with E-state index in [9.17, 15) is 4.79 Å². The maximum Gasteiger partial charge on any atom is 0.338 e. The third-order valence-corrected chi connectivity index (χ3v) is 3.89. The molecule has 0 atom stereocenters. The predicted molar refractivity (Wildman–Crippen MR) is 90.6 cm³/mol. The highest BCUT2D eigenvalue weighted by molar-refractivity contribution is 5.95. The van der Waals surface area contributed by atoms with E-state index in [1.54, 1.807) is 0 Å². The van der Waals surface area contributed by atoms with Gasteiger partial charge in [0.2, 0.25) is 0 Å². The van der Waals surface area contributed by atoms with Gasteiger partial charge in [-0.1, -0.05) is 30.4 Å². The third kappa shape index (κ3) is 3.06. The number of anilines is 2. The van der Waals surface area contributed by atoms with Crippen molar-refractivity contribution in [3.63, 3.8) is 0 Å². The molecule has 4 nitrogen and oxygen atoms in total. The summed E-state index contributed by atoms with van der Waals surface area (Å²) >= 11 is 0. The van der Waals surface area contributed by atoms with Crippen molar-refractivity contribution < 1.29 is 14.3 Å². The van der Waals surface area contributed by atoms with E-state index in [1.165, 1.54) is 7.11 Å². The number of rotatable bonds is 3. The smallest absolute Gasteiger partial charge is 0.338 e. The zero-order valence-corrected chi connectivity index (χ0v) is 13.3. The van der Waals surface area contributed by atoms with Crippen LogP contribution in [-0.2, 0) is 11.2 Å². The lowest BCUT2D eigenvalue weighted by atomic mass is 9.99. The predicted octanol–water partition coefficient (Wildman–Crippen LogP) is 4.02. The Kier molecular flexibility index (Phi) is 4.33. The lowest BCUT2D eigenvalue weighted by molar-refractivity contribution is 0.0600. The fourth-order valence-electron chi connectivity index (χ4n) is 2.68. The lowest BCUT2D eigenvalue weighted by Crippen LogP contribution is -2.09. The van der Waals surface area contributed by atoms with E-state index in [-0.39, 0.29) is 5.97 Å². The Morgan fingerprint density at radius 2 is 2.00 bits per heavy atom. The van der Waals surface area contributed by atoms with Crippen molar-refractivity contribution in [1.82, 2.24) is 0 Å². The molecule has 2 aromatic rings. The molecule has 1 aliphatic rings. The van der Waals surface area contributed by atoms with Crippen LogP contribution in [0.2, 0.25) is 0 Å². The summed E-state index contributed by atoms with van der Waals surface area (Å²) in [4.78, 5) is 12.1. The molecule has 0 saturated heterocycles. The van der Waals surface area contributed by atoms with Gasteiger partial charge in [0, 0.05) is 11.3 Å². The number of allylic oxidation sites excluding steroid dienone is 1. The van der Waals surface area contributed by atoms with Crippen molar-refractivity contribution in [1.29, 1.82) is 0 Å². The second-order valence-corrected chi connectivity index (χ2v) is 5.38. The maximum absolute atomic E-state index is 12.1. The van der Waals surface area contributed by atoms with E-state index < -0.39 is 0 Å². The molecule has 0 aromatic heterocycles. The first-order valence-electron chi connectivity index (χ1n) is 7.55. The normalized spacial score (nSPS) is 12.8. The van der Waals surface area contributed by atoms with Crippen LogP contribution in [0.5, 0.6) is 5.75 Å². The summed E-state index contributed by atoms with van der Waals surface area (Å²) in [5.74, 6) is 0.457. The van der Waals surface area contributed by atoms with Crippen molar-refractivity contribution in [2.45, 2.75) is 13.3 Å². The zero-order valence-electron chi connectivity index (χ0n) is 13.3. The number of esters is 1. The molecule has 0 radical (unpaired) electrons. The Morgan fingerprint density at radius 1 is 1.22 bits per heavy atom. The lowest BCUT2D eigenvalue weighted by Gasteiger charge is -2.19. The Hall–Kier alpha value is -2.75. The SMILES string of the molecule is COC(=O)c1cc2c(c(Nc3ccccc3)c1C)OCC=CC2. The van der Waals surface area contributed by atoms with Crippen LogP contribution in [0, 0.1) is 6.92 Å². The van der Waals surface area contributed by atoms with E-state index in [1.807, 2.05) is 49.4 Å². The van der Waals surface area contributed by atoms with E-state index in [0.717, 1.165) is 34.7 Å². The molecule has 0 bridgehead atoms. The second-order valence-electron chi connectivity index (χ2n) is 5.38. The fraction of sp³-hybridized carbons (Fsp3) is 0.211. The largest absolute Gasteiger partial charge is 0.487 e. The van der Waals surface area contributed by atoms with Gasteiger partial charge in [0.15, 0.2) is 0 Å². The monoisotopic (exact) mass is 309 g/mol. The number of ether oxygens (including phenoxy) is 2. The number of hydrogen-bond acceptors (Lipinski definition) is 4. The third-order valence-electron chi connectivity index (χ3n) is 3.89. The molecule has 23 heavy (non-hydrogen) atoms. The van der Waals surface area contributed by atoms with Gasteiger partial charge < -0.3 is 14.8 Å². The summed E-state index contributed by atoms with van der Waals surface area (Å²) in [7, 11) is 1.40. The Labute approximate surface area is 135 Å². The Balaban J connectivity index is 2.13. The number of para-hydroxylation sites is 1. The van der Waals surface area contributed by atoms with E-state index in [2.05, 4.69) is 11.4 Å². The standard InChI is InChI=1S/C19H19NO3/c1-13-16(19(21)22-2)12-14-8-6-7-11-23-18(14)17(13)20-15-9-4-3-5-10-15/h3-7,9-10,12,20H,8,11H2,1-2H3. The first-order valence-corrected chi connectivity index (χ1v) is 7.55. The molecule has 0 fully saturated rings. The Bertz CT molecular complexity index is 751. The van der Waals surface area contributed by atoms with Crippen molar-refractivity contribution in [3.8, 4) is 5.75 Å². The molecule has 1 heterocycles. The van der Waals surface area contributed by atoms with Crippen LogP contribution < -0.4 is 10.1 Å². The highest BCUT2D eigenvalue weighted by atomic mass is 16.5. The number of benzene rings is 2. The molecular formula is C19H19NO3. The topological polar surface area (TPSA) is 47.6 Å². The minimum Gasteiger partial charge on any atom is -0.487 e.